The van der Waals surface area contributed by atoms with Gasteiger partial charge in [-0.3, -0.25) is 25.0 Å². The topological polar surface area (TPSA) is 124 Å². The second kappa shape index (κ2) is 5.17. The van der Waals surface area contributed by atoms with Crippen molar-refractivity contribution in [2.75, 3.05) is 0 Å². The number of hydrogen-bond acceptors (Lipinski definition) is 6. The van der Waals surface area contributed by atoms with E-state index in [1.54, 1.807) is 30.3 Å². The first-order valence-corrected chi connectivity index (χ1v) is 7.59. The third-order valence-electron chi connectivity index (χ3n) is 4.66. The van der Waals surface area contributed by atoms with Crippen molar-refractivity contribution in [3.63, 3.8) is 0 Å². The normalized spacial score (nSPS) is 18.3. The molecular weight excluding hydrogens is 340 g/mol. The molecule has 0 aliphatic heterocycles. The van der Waals surface area contributed by atoms with Crippen molar-refractivity contribution < 1.29 is 19.7 Å². The summed E-state index contributed by atoms with van der Waals surface area (Å²) >= 11 is 0. The van der Waals surface area contributed by atoms with Gasteiger partial charge in [-0.25, -0.2) is 0 Å². The number of Topliss-reactive ketones (excluding diaryl/α,β-unsaturated/α-hetero) is 1. The quantitative estimate of drug-likeness (QED) is 0.572. The summed E-state index contributed by atoms with van der Waals surface area (Å²) in [7, 11) is 0. The molecule has 0 heterocycles. The van der Waals surface area contributed by atoms with E-state index in [1.807, 2.05) is 0 Å². The van der Waals surface area contributed by atoms with Crippen LogP contribution < -0.4 is 0 Å². The molecule has 0 fully saturated rings. The van der Waals surface area contributed by atoms with E-state index < -0.39 is 32.6 Å². The third kappa shape index (κ3) is 1.84. The highest BCUT2D eigenvalue weighted by molar-refractivity contribution is 6.23. The minimum atomic E-state index is -2.05. The van der Waals surface area contributed by atoms with Crippen molar-refractivity contribution in [2.45, 2.75) is 5.60 Å². The highest BCUT2D eigenvalue weighted by atomic mass is 16.6. The maximum atomic E-state index is 13.0. The van der Waals surface area contributed by atoms with Gasteiger partial charge in [-0.05, 0) is 17.7 Å². The van der Waals surface area contributed by atoms with Crippen LogP contribution in [-0.4, -0.2) is 20.7 Å². The Labute approximate surface area is 145 Å². The molecular formula is C18H10N2O6. The summed E-state index contributed by atoms with van der Waals surface area (Å²) in [5.41, 5.74) is -2.60. The number of benzene rings is 3. The molecule has 4 rings (SSSR count). The highest BCUT2D eigenvalue weighted by Gasteiger charge is 2.49. The Morgan fingerprint density at radius 3 is 1.96 bits per heavy atom. The molecule has 1 atom stereocenters. The van der Waals surface area contributed by atoms with E-state index in [9.17, 15) is 30.1 Å². The summed E-state index contributed by atoms with van der Waals surface area (Å²) in [5, 5.41) is 33.8. The van der Waals surface area contributed by atoms with Gasteiger partial charge < -0.3 is 5.11 Å². The van der Waals surface area contributed by atoms with Crippen LogP contribution in [0.15, 0.2) is 54.6 Å². The molecule has 0 spiro atoms. The van der Waals surface area contributed by atoms with Gasteiger partial charge in [0.1, 0.15) is 5.39 Å². The minimum absolute atomic E-state index is 0.0238. The van der Waals surface area contributed by atoms with Gasteiger partial charge in [0.05, 0.1) is 9.85 Å². The predicted molar refractivity (Wildman–Crippen MR) is 91.0 cm³/mol. The number of rotatable bonds is 3. The molecule has 3 aromatic carbocycles. The number of nitro groups is 2. The Hall–Kier alpha value is -3.65. The van der Waals surface area contributed by atoms with Crippen LogP contribution in [0.3, 0.4) is 0 Å². The van der Waals surface area contributed by atoms with Crippen LogP contribution in [0.5, 0.6) is 0 Å². The summed E-state index contributed by atoms with van der Waals surface area (Å²) in [5.74, 6) is -0.668. The number of ketones is 1. The molecule has 26 heavy (non-hydrogen) atoms. The van der Waals surface area contributed by atoms with Gasteiger partial charge in [0, 0.05) is 28.6 Å². The lowest BCUT2D eigenvalue weighted by Gasteiger charge is -2.23. The molecule has 0 aromatic heterocycles. The maximum absolute atomic E-state index is 13.0. The first-order chi connectivity index (χ1) is 12.4. The van der Waals surface area contributed by atoms with E-state index in [4.69, 9.17) is 0 Å². The van der Waals surface area contributed by atoms with Gasteiger partial charge in [0.25, 0.3) is 11.4 Å². The lowest BCUT2D eigenvalue weighted by atomic mass is 9.86. The second-order valence-electron chi connectivity index (χ2n) is 5.93. The van der Waals surface area contributed by atoms with Crippen LogP contribution in [0.25, 0.3) is 10.8 Å². The summed E-state index contributed by atoms with van der Waals surface area (Å²) in [6.45, 7) is 0. The van der Waals surface area contributed by atoms with Crippen LogP contribution in [0.4, 0.5) is 11.4 Å². The first-order valence-electron chi connectivity index (χ1n) is 7.59. The van der Waals surface area contributed by atoms with Crippen LogP contribution in [0.2, 0.25) is 0 Å². The van der Waals surface area contributed by atoms with Crippen molar-refractivity contribution >= 4 is 27.9 Å². The number of hydrogen-bond donors (Lipinski definition) is 1. The van der Waals surface area contributed by atoms with E-state index in [0.717, 1.165) is 12.1 Å². The van der Waals surface area contributed by atoms with Crippen LogP contribution >= 0.6 is 0 Å². The van der Waals surface area contributed by atoms with E-state index in [2.05, 4.69) is 0 Å². The van der Waals surface area contributed by atoms with Gasteiger partial charge in [0.2, 0.25) is 5.78 Å². The zero-order valence-electron chi connectivity index (χ0n) is 13.1. The van der Waals surface area contributed by atoms with E-state index >= 15 is 0 Å². The second-order valence-corrected chi connectivity index (χ2v) is 5.93. The summed E-state index contributed by atoms with van der Waals surface area (Å²) in [4.78, 5) is 34.3. The Kier molecular flexibility index (Phi) is 3.15. The smallest absolute Gasteiger partial charge is 0.284 e. The number of nitrogens with zero attached hydrogens (tertiary/aromatic N) is 2. The number of nitro benzene ring substituents is 2. The predicted octanol–water partition coefficient (Wildman–Crippen LogP) is 3.09. The van der Waals surface area contributed by atoms with Crippen LogP contribution in [0, 0.1) is 20.2 Å². The standard InChI is InChI=1S/C18H10N2O6/c21-17-11-6-8-13(19(23)24)16-14(20(25)26)9-7-12(15(11)16)18(17,22)10-4-2-1-3-5-10/h1-9,22H. The largest absolute Gasteiger partial charge is 0.373 e. The highest BCUT2D eigenvalue weighted by Crippen LogP contribution is 2.49. The Balaban J connectivity index is 2.18. The fourth-order valence-electron chi connectivity index (χ4n) is 3.54. The van der Waals surface area contributed by atoms with Crippen molar-refractivity contribution in [3.8, 4) is 0 Å². The van der Waals surface area contributed by atoms with E-state index in [1.165, 1.54) is 12.1 Å². The van der Waals surface area contributed by atoms with Crippen molar-refractivity contribution in [1.82, 2.24) is 0 Å². The summed E-state index contributed by atoms with van der Waals surface area (Å²) in [6.07, 6.45) is 0. The van der Waals surface area contributed by atoms with Gasteiger partial charge in [-0.15, -0.1) is 0 Å². The first kappa shape index (κ1) is 15.9. The molecule has 0 saturated heterocycles. The Morgan fingerprint density at radius 2 is 1.38 bits per heavy atom. The van der Waals surface area contributed by atoms with Crippen molar-refractivity contribution in [2.24, 2.45) is 0 Å². The monoisotopic (exact) mass is 350 g/mol. The molecule has 0 saturated carbocycles. The molecule has 0 bridgehead atoms. The molecule has 3 aromatic rings. The molecule has 128 valence electrons. The molecule has 8 nitrogen and oxygen atoms in total. The average molecular weight is 350 g/mol. The lowest BCUT2D eigenvalue weighted by molar-refractivity contribution is -0.390. The van der Waals surface area contributed by atoms with Gasteiger partial charge in [-0.2, -0.15) is 0 Å². The summed E-state index contributed by atoms with van der Waals surface area (Å²) < 4.78 is 0. The molecule has 0 amide bonds. The van der Waals surface area contributed by atoms with Crippen LogP contribution in [-0.2, 0) is 5.60 Å². The Morgan fingerprint density at radius 1 is 0.808 bits per heavy atom. The molecule has 1 N–H and O–H groups in total. The van der Waals surface area contributed by atoms with Gasteiger partial charge in [0.15, 0.2) is 5.60 Å². The van der Waals surface area contributed by atoms with Crippen LogP contribution in [0.1, 0.15) is 21.5 Å². The number of aliphatic hydroxyl groups is 1. The van der Waals surface area contributed by atoms with Gasteiger partial charge in [-0.1, -0.05) is 30.3 Å². The third-order valence-corrected chi connectivity index (χ3v) is 4.66. The maximum Gasteiger partial charge on any atom is 0.284 e. The molecule has 0 radical (unpaired) electrons. The number of carbonyl (C=O) groups excluding carboxylic acids is 1. The fourth-order valence-corrected chi connectivity index (χ4v) is 3.54. The molecule has 8 heteroatoms. The zero-order valence-corrected chi connectivity index (χ0v) is 13.1. The zero-order chi connectivity index (χ0) is 18.6. The van der Waals surface area contributed by atoms with Gasteiger partial charge >= 0.3 is 0 Å². The lowest BCUT2D eigenvalue weighted by Crippen LogP contribution is -2.33. The SMILES string of the molecule is O=C1c2ccc([N+](=O)[O-])c3c([N+](=O)[O-])ccc(c23)C1(O)c1ccccc1. The number of carbonyl (C=O) groups is 1. The average Bonchev–Trinajstić information content (AvgIpc) is 2.86. The summed E-state index contributed by atoms with van der Waals surface area (Å²) in [6, 6.07) is 12.8. The number of non-ortho nitro benzene ring substituents is 2. The Bertz CT molecular complexity index is 1110. The van der Waals surface area contributed by atoms with Crippen molar-refractivity contribution in [1.29, 1.82) is 0 Å². The molecule has 1 aliphatic rings. The fraction of sp³-hybridized carbons (Fsp3) is 0.0556. The molecule has 1 unspecified atom stereocenters. The van der Waals surface area contributed by atoms with Crippen molar-refractivity contribution in [3.05, 3.63) is 91.5 Å². The van der Waals surface area contributed by atoms with E-state index in [-0.39, 0.29) is 21.9 Å². The minimum Gasteiger partial charge on any atom is -0.373 e. The van der Waals surface area contributed by atoms with E-state index in [0.29, 0.717) is 5.56 Å². The molecule has 1 aliphatic carbocycles.